The van der Waals surface area contributed by atoms with Crippen molar-refractivity contribution >= 4 is 0 Å². The van der Waals surface area contributed by atoms with E-state index in [-0.39, 0.29) is 0 Å². The summed E-state index contributed by atoms with van der Waals surface area (Å²) in [5.41, 5.74) is 0.958. The van der Waals surface area contributed by atoms with Gasteiger partial charge in [-0.05, 0) is 13.3 Å². The van der Waals surface area contributed by atoms with E-state index in [0.717, 1.165) is 12.1 Å². The minimum atomic E-state index is 0.333. The zero-order valence-electron chi connectivity index (χ0n) is 9.18. The van der Waals surface area contributed by atoms with Crippen molar-refractivity contribution in [2.24, 2.45) is 0 Å². The Hall–Kier alpha value is -2.22. The van der Waals surface area contributed by atoms with Gasteiger partial charge in [-0.3, -0.25) is 4.57 Å². The summed E-state index contributed by atoms with van der Waals surface area (Å²) in [4.78, 5) is 12.5. The lowest BCUT2D eigenvalue weighted by atomic mass is 10.3. The molecule has 0 spiro atoms. The number of hydrogen-bond donors (Lipinski definition) is 0. The van der Waals surface area contributed by atoms with Gasteiger partial charge >= 0.3 is 0 Å². The fraction of sp³-hybridized carbons (Fsp3) is 0.273. The van der Waals surface area contributed by atoms with E-state index in [2.05, 4.69) is 15.0 Å². The molecule has 2 aromatic heterocycles. The molecule has 0 atom stereocenters. The van der Waals surface area contributed by atoms with E-state index in [1.807, 2.05) is 26.0 Å². The molecule has 80 valence electrons. The number of nitriles is 1. The topological polar surface area (TPSA) is 67.4 Å². The maximum absolute atomic E-state index is 8.89. The number of nitrogens with zero attached hydrogens (tertiary/aromatic N) is 5. The van der Waals surface area contributed by atoms with Gasteiger partial charge in [-0.15, -0.1) is 0 Å². The molecule has 2 rings (SSSR count). The van der Waals surface area contributed by atoms with Crippen LogP contribution in [-0.2, 0) is 6.42 Å². The predicted octanol–water partition coefficient (Wildman–Crippen LogP) is 1.40. The normalized spacial score (nSPS) is 10.1. The lowest BCUT2D eigenvalue weighted by Crippen LogP contribution is -2.04. The molecule has 0 fully saturated rings. The summed E-state index contributed by atoms with van der Waals surface area (Å²) in [6, 6.07) is 3.89. The van der Waals surface area contributed by atoms with Crippen molar-refractivity contribution in [1.29, 1.82) is 5.26 Å². The molecule has 0 aromatic carbocycles. The Kier molecular flexibility index (Phi) is 2.64. The molecule has 0 unspecified atom stereocenters. The molecule has 0 saturated heterocycles. The summed E-state index contributed by atoms with van der Waals surface area (Å²) in [7, 11) is 0. The van der Waals surface area contributed by atoms with Gasteiger partial charge in [0.05, 0.1) is 0 Å². The Labute approximate surface area is 93.4 Å². The second-order valence-corrected chi connectivity index (χ2v) is 3.35. The van der Waals surface area contributed by atoms with Crippen molar-refractivity contribution in [1.82, 2.24) is 19.5 Å². The van der Waals surface area contributed by atoms with Crippen LogP contribution in [0.3, 0.4) is 0 Å². The second-order valence-electron chi connectivity index (χ2n) is 3.35. The van der Waals surface area contributed by atoms with Crippen molar-refractivity contribution in [3.63, 3.8) is 0 Å². The first kappa shape index (κ1) is 10.3. The van der Waals surface area contributed by atoms with Crippen LogP contribution < -0.4 is 0 Å². The number of aromatic nitrogens is 4. The van der Waals surface area contributed by atoms with Crippen LogP contribution in [0.4, 0.5) is 0 Å². The third-order valence-electron chi connectivity index (χ3n) is 2.23. The summed E-state index contributed by atoms with van der Waals surface area (Å²) < 4.78 is 1.66. The van der Waals surface area contributed by atoms with Crippen LogP contribution in [0.15, 0.2) is 18.5 Å². The van der Waals surface area contributed by atoms with Gasteiger partial charge in [-0.1, -0.05) is 6.92 Å². The van der Waals surface area contributed by atoms with Crippen LogP contribution in [0.25, 0.3) is 5.82 Å². The average molecular weight is 213 g/mol. The van der Waals surface area contributed by atoms with E-state index < -0.39 is 0 Å². The third-order valence-corrected chi connectivity index (χ3v) is 2.23. The van der Waals surface area contributed by atoms with Crippen molar-refractivity contribution in [3.8, 4) is 11.9 Å². The molecule has 0 bridgehead atoms. The quantitative estimate of drug-likeness (QED) is 0.756. The van der Waals surface area contributed by atoms with Gasteiger partial charge < -0.3 is 0 Å². The van der Waals surface area contributed by atoms with E-state index in [1.54, 1.807) is 17.0 Å². The monoisotopic (exact) mass is 213 g/mol. The lowest BCUT2D eigenvalue weighted by molar-refractivity contribution is 0.884. The Bertz CT molecular complexity index is 550. The molecule has 5 heteroatoms. The van der Waals surface area contributed by atoms with Crippen LogP contribution in [-0.4, -0.2) is 19.5 Å². The summed E-state index contributed by atoms with van der Waals surface area (Å²) in [6.07, 6.45) is 4.15. The molecule has 0 amide bonds. The smallest absolute Gasteiger partial charge is 0.218 e. The van der Waals surface area contributed by atoms with Crippen LogP contribution >= 0.6 is 0 Å². The van der Waals surface area contributed by atoms with Crippen LogP contribution in [0, 0.1) is 18.3 Å². The first-order chi connectivity index (χ1) is 7.74. The van der Waals surface area contributed by atoms with Gasteiger partial charge in [0, 0.05) is 24.2 Å². The fourth-order valence-electron chi connectivity index (χ4n) is 1.49. The summed E-state index contributed by atoms with van der Waals surface area (Å²) in [6.45, 7) is 3.87. The molecular weight excluding hydrogens is 202 g/mol. The molecule has 0 radical (unpaired) electrons. The molecule has 0 saturated carbocycles. The number of hydrogen-bond acceptors (Lipinski definition) is 4. The van der Waals surface area contributed by atoms with Crippen molar-refractivity contribution in [3.05, 3.63) is 35.8 Å². The fourth-order valence-corrected chi connectivity index (χ4v) is 1.49. The van der Waals surface area contributed by atoms with Crippen LogP contribution in [0.5, 0.6) is 0 Å². The Morgan fingerprint density at radius 1 is 1.44 bits per heavy atom. The Morgan fingerprint density at radius 2 is 2.25 bits per heavy atom. The molecule has 0 N–H and O–H groups in total. The van der Waals surface area contributed by atoms with Gasteiger partial charge in [0.1, 0.15) is 17.7 Å². The first-order valence-corrected chi connectivity index (χ1v) is 5.03. The van der Waals surface area contributed by atoms with Crippen molar-refractivity contribution in [2.45, 2.75) is 20.3 Å². The average Bonchev–Trinajstić information content (AvgIpc) is 2.76. The molecule has 2 heterocycles. The SMILES string of the molecule is CCc1cc(-n2ccnc2C#N)nc(C)n1. The van der Waals surface area contributed by atoms with E-state index >= 15 is 0 Å². The van der Waals surface area contributed by atoms with Gasteiger partial charge in [0.15, 0.2) is 0 Å². The highest BCUT2D eigenvalue weighted by molar-refractivity contribution is 5.30. The highest BCUT2D eigenvalue weighted by atomic mass is 15.1. The highest BCUT2D eigenvalue weighted by Crippen LogP contribution is 2.09. The molecule has 0 aliphatic heterocycles. The van der Waals surface area contributed by atoms with Gasteiger partial charge in [-0.2, -0.15) is 5.26 Å². The zero-order chi connectivity index (χ0) is 11.5. The predicted molar refractivity (Wildman–Crippen MR) is 58.0 cm³/mol. The van der Waals surface area contributed by atoms with Gasteiger partial charge in [0.2, 0.25) is 5.82 Å². The number of aryl methyl sites for hydroxylation is 2. The van der Waals surface area contributed by atoms with E-state index in [9.17, 15) is 0 Å². The minimum Gasteiger partial charge on any atom is -0.275 e. The molecular formula is C11H11N5. The van der Waals surface area contributed by atoms with E-state index in [4.69, 9.17) is 5.26 Å². The second kappa shape index (κ2) is 4.11. The van der Waals surface area contributed by atoms with Crippen molar-refractivity contribution < 1.29 is 0 Å². The standard InChI is InChI=1S/C11H11N5/c1-3-9-6-10(15-8(2)14-9)16-5-4-13-11(16)7-12/h4-6H,3H2,1-2H3. The van der Waals surface area contributed by atoms with Crippen molar-refractivity contribution in [2.75, 3.05) is 0 Å². The third kappa shape index (κ3) is 1.77. The first-order valence-electron chi connectivity index (χ1n) is 5.03. The number of rotatable bonds is 2. The summed E-state index contributed by atoms with van der Waals surface area (Å²) in [5, 5.41) is 8.89. The minimum absolute atomic E-state index is 0.333. The zero-order valence-corrected chi connectivity index (χ0v) is 9.18. The largest absolute Gasteiger partial charge is 0.275 e. The molecule has 2 aromatic rings. The molecule has 0 aliphatic carbocycles. The maximum atomic E-state index is 8.89. The maximum Gasteiger partial charge on any atom is 0.218 e. The van der Waals surface area contributed by atoms with E-state index in [0.29, 0.717) is 17.5 Å². The molecule has 0 aliphatic rings. The Morgan fingerprint density at radius 3 is 2.94 bits per heavy atom. The van der Waals surface area contributed by atoms with E-state index in [1.165, 1.54) is 0 Å². The molecule has 5 nitrogen and oxygen atoms in total. The number of imidazole rings is 1. The highest BCUT2D eigenvalue weighted by Gasteiger charge is 2.07. The van der Waals surface area contributed by atoms with Gasteiger partial charge in [0.25, 0.3) is 0 Å². The van der Waals surface area contributed by atoms with Crippen LogP contribution in [0.2, 0.25) is 0 Å². The Balaban J connectivity index is 2.56. The van der Waals surface area contributed by atoms with Crippen LogP contribution in [0.1, 0.15) is 24.3 Å². The lowest BCUT2D eigenvalue weighted by Gasteiger charge is -2.05. The summed E-state index contributed by atoms with van der Waals surface area (Å²) in [5.74, 6) is 1.73. The van der Waals surface area contributed by atoms with Gasteiger partial charge in [-0.25, -0.2) is 15.0 Å². The summed E-state index contributed by atoms with van der Waals surface area (Å²) >= 11 is 0. The molecule has 16 heavy (non-hydrogen) atoms.